The summed E-state index contributed by atoms with van der Waals surface area (Å²) in [5, 5.41) is 3.25. The van der Waals surface area contributed by atoms with Gasteiger partial charge in [0.1, 0.15) is 0 Å². The Balaban J connectivity index is 2.39. The smallest absolute Gasteiger partial charge is 0.310 e. The second kappa shape index (κ2) is 7.97. The number of hydrogen-bond donors (Lipinski definition) is 1. The van der Waals surface area contributed by atoms with Crippen LogP contribution < -0.4 is 5.32 Å². The van der Waals surface area contributed by atoms with Crippen LogP contribution in [0.25, 0.3) is 0 Å². The Bertz CT molecular complexity index is 626. The summed E-state index contributed by atoms with van der Waals surface area (Å²) in [5.41, 5.74) is 0.714. The maximum absolute atomic E-state index is 13.4. The van der Waals surface area contributed by atoms with E-state index in [4.69, 9.17) is 0 Å². The molecule has 1 atom stereocenters. The molecule has 0 saturated carbocycles. The fourth-order valence-corrected chi connectivity index (χ4v) is 2.90. The predicted molar refractivity (Wildman–Crippen MR) is 90.3 cm³/mol. The number of rotatable bonds is 6. The van der Waals surface area contributed by atoms with Crippen molar-refractivity contribution in [1.82, 2.24) is 5.32 Å². The zero-order chi connectivity index (χ0) is 16.9. The van der Waals surface area contributed by atoms with Crippen molar-refractivity contribution in [1.29, 1.82) is 0 Å². The molecule has 1 nitrogen and oxygen atoms in total. The quantitative estimate of drug-likeness (QED) is 0.667. The molecule has 2 rings (SSSR count). The van der Waals surface area contributed by atoms with E-state index in [0.29, 0.717) is 17.4 Å². The second-order valence-corrected chi connectivity index (χ2v) is 6.34. The van der Waals surface area contributed by atoms with Crippen LogP contribution in [0.4, 0.5) is 13.2 Å². The summed E-state index contributed by atoms with van der Waals surface area (Å²) < 4.78 is 40.6. The van der Waals surface area contributed by atoms with Crippen molar-refractivity contribution < 1.29 is 13.2 Å². The lowest BCUT2D eigenvalue weighted by molar-refractivity contribution is -0.138. The minimum atomic E-state index is -4.37. The molecule has 0 aliphatic rings. The largest absolute Gasteiger partial charge is 0.416 e. The van der Waals surface area contributed by atoms with Gasteiger partial charge in [-0.25, -0.2) is 0 Å². The third kappa shape index (κ3) is 5.08. The lowest BCUT2D eigenvalue weighted by Gasteiger charge is -2.23. The Morgan fingerprint density at radius 1 is 1.09 bits per heavy atom. The van der Waals surface area contributed by atoms with E-state index < -0.39 is 11.7 Å². The predicted octanol–water partition coefficient (Wildman–Crippen LogP) is 5.75. The summed E-state index contributed by atoms with van der Waals surface area (Å²) in [6.07, 6.45) is -2.99. The topological polar surface area (TPSA) is 12.0 Å². The molecule has 2 aromatic carbocycles. The molecule has 1 unspecified atom stereocenters. The van der Waals surface area contributed by atoms with Gasteiger partial charge in [0.2, 0.25) is 0 Å². The van der Waals surface area contributed by atoms with Crippen LogP contribution in [0.3, 0.4) is 0 Å². The lowest BCUT2D eigenvalue weighted by Crippen LogP contribution is -2.26. The molecule has 0 amide bonds. The molecular weight excluding hydrogens is 367 g/mol. The molecule has 0 bridgehead atoms. The van der Waals surface area contributed by atoms with E-state index in [-0.39, 0.29) is 11.6 Å². The molecule has 0 aromatic heterocycles. The van der Waals surface area contributed by atoms with Gasteiger partial charge in [0, 0.05) is 10.5 Å². The summed E-state index contributed by atoms with van der Waals surface area (Å²) in [5.74, 6) is 0. The van der Waals surface area contributed by atoms with Gasteiger partial charge in [-0.1, -0.05) is 59.3 Å². The van der Waals surface area contributed by atoms with Gasteiger partial charge < -0.3 is 5.32 Å². The van der Waals surface area contributed by atoms with Gasteiger partial charge in [-0.3, -0.25) is 0 Å². The molecular formula is C18H19BrF3N. The third-order valence-corrected chi connectivity index (χ3v) is 4.11. The summed E-state index contributed by atoms with van der Waals surface area (Å²) in [6.45, 7) is 2.67. The average molecular weight is 386 g/mol. The van der Waals surface area contributed by atoms with Gasteiger partial charge >= 0.3 is 6.18 Å². The zero-order valence-electron chi connectivity index (χ0n) is 12.8. The zero-order valence-corrected chi connectivity index (χ0v) is 14.4. The summed E-state index contributed by atoms with van der Waals surface area (Å²) in [4.78, 5) is 0. The van der Waals surface area contributed by atoms with Gasteiger partial charge in [-0.05, 0) is 42.6 Å². The first-order valence-electron chi connectivity index (χ1n) is 7.55. The van der Waals surface area contributed by atoms with E-state index in [1.807, 2.05) is 37.3 Å². The van der Waals surface area contributed by atoms with Crippen molar-refractivity contribution in [3.8, 4) is 0 Å². The highest BCUT2D eigenvalue weighted by molar-refractivity contribution is 9.10. The van der Waals surface area contributed by atoms with Crippen LogP contribution in [-0.2, 0) is 12.6 Å². The Morgan fingerprint density at radius 3 is 2.39 bits per heavy atom. The first kappa shape index (κ1) is 18.0. The molecule has 0 aliphatic heterocycles. The molecule has 0 saturated heterocycles. The minimum Gasteiger partial charge on any atom is -0.310 e. The van der Waals surface area contributed by atoms with Gasteiger partial charge in [-0.15, -0.1) is 0 Å². The van der Waals surface area contributed by atoms with Crippen molar-refractivity contribution in [3.05, 3.63) is 69.7 Å². The summed E-state index contributed by atoms with van der Waals surface area (Å²) in [6, 6.07) is 13.6. The van der Waals surface area contributed by atoms with Crippen molar-refractivity contribution >= 4 is 15.9 Å². The van der Waals surface area contributed by atoms with E-state index in [1.165, 1.54) is 0 Å². The SMILES string of the molecule is CCCNC(Cc1ccccc1)c1ccc(Br)cc1C(F)(F)F. The average Bonchev–Trinajstić information content (AvgIpc) is 2.51. The number of benzene rings is 2. The standard InChI is InChI=1S/C18H19BrF3N/c1-2-10-23-17(11-13-6-4-3-5-7-13)15-9-8-14(19)12-16(15)18(20,21)22/h3-9,12,17,23H,2,10-11H2,1H3. The summed E-state index contributed by atoms with van der Waals surface area (Å²) >= 11 is 3.14. The molecule has 124 valence electrons. The Morgan fingerprint density at radius 2 is 1.78 bits per heavy atom. The van der Waals surface area contributed by atoms with Crippen molar-refractivity contribution in [2.75, 3.05) is 6.54 Å². The highest BCUT2D eigenvalue weighted by Gasteiger charge is 2.35. The molecule has 23 heavy (non-hydrogen) atoms. The maximum Gasteiger partial charge on any atom is 0.416 e. The van der Waals surface area contributed by atoms with E-state index in [0.717, 1.165) is 18.1 Å². The van der Waals surface area contributed by atoms with Gasteiger partial charge in [0.15, 0.2) is 0 Å². The van der Waals surface area contributed by atoms with Crippen LogP contribution in [0, 0.1) is 0 Å². The molecule has 5 heteroatoms. The second-order valence-electron chi connectivity index (χ2n) is 5.43. The Labute approximate surface area is 143 Å². The van der Waals surface area contributed by atoms with Gasteiger partial charge in [0.05, 0.1) is 5.56 Å². The molecule has 1 N–H and O–H groups in total. The van der Waals surface area contributed by atoms with E-state index in [2.05, 4.69) is 21.2 Å². The number of alkyl halides is 3. The Hall–Kier alpha value is -1.33. The normalized spacial score (nSPS) is 13.1. The van der Waals surface area contributed by atoms with Crippen LogP contribution in [-0.4, -0.2) is 6.54 Å². The molecule has 0 aliphatic carbocycles. The van der Waals surface area contributed by atoms with Crippen molar-refractivity contribution in [2.24, 2.45) is 0 Å². The monoisotopic (exact) mass is 385 g/mol. The van der Waals surface area contributed by atoms with Crippen LogP contribution in [0.2, 0.25) is 0 Å². The first-order chi connectivity index (χ1) is 10.9. The van der Waals surface area contributed by atoms with Crippen molar-refractivity contribution in [3.63, 3.8) is 0 Å². The highest BCUT2D eigenvalue weighted by atomic mass is 79.9. The molecule has 0 heterocycles. The fourth-order valence-electron chi connectivity index (χ4n) is 2.54. The number of nitrogens with one attached hydrogen (secondary N) is 1. The highest BCUT2D eigenvalue weighted by Crippen LogP contribution is 2.37. The molecule has 0 radical (unpaired) electrons. The third-order valence-electron chi connectivity index (χ3n) is 3.62. The van der Waals surface area contributed by atoms with E-state index in [1.54, 1.807) is 12.1 Å². The van der Waals surface area contributed by atoms with Crippen LogP contribution in [0.15, 0.2) is 53.0 Å². The van der Waals surface area contributed by atoms with E-state index in [9.17, 15) is 13.2 Å². The first-order valence-corrected chi connectivity index (χ1v) is 8.35. The van der Waals surface area contributed by atoms with Crippen molar-refractivity contribution in [2.45, 2.75) is 32.0 Å². The van der Waals surface area contributed by atoms with Crippen LogP contribution >= 0.6 is 15.9 Å². The molecule has 0 fully saturated rings. The molecule has 2 aromatic rings. The van der Waals surface area contributed by atoms with Crippen LogP contribution in [0.5, 0.6) is 0 Å². The van der Waals surface area contributed by atoms with E-state index >= 15 is 0 Å². The van der Waals surface area contributed by atoms with Crippen LogP contribution in [0.1, 0.15) is 36.1 Å². The lowest BCUT2D eigenvalue weighted by atomic mass is 9.94. The minimum absolute atomic E-state index is 0.290. The Kier molecular flexibility index (Phi) is 6.25. The number of hydrogen-bond acceptors (Lipinski definition) is 1. The number of halogens is 4. The summed E-state index contributed by atoms with van der Waals surface area (Å²) in [7, 11) is 0. The maximum atomic E-state index is 13.4. The van der Waals surface area contributed by atoms with Gasteiger partial charge in [-0.2, -0.15) is 13.2 Å². The van der Waals surface area contributed by atoms with Gasteiger partial charge in [0.25, 0.3) is 0 Å². The molecule has 0 spiro atoms. The fraction of sp³-hybridized carbons (Fsp3) is 0.333.